The molecule has 3 fully saturated rings. The predicted octanol–water partition coefficient (Wildman–Crippen LogP) is 5.49. The number of halogens is 2. The lowest BCUT2D eigenvalue weighted by Crippen LogP contribution is -2.50. The van der Waals surface area contributed by atoms with Crippen molar-refractivity contribution in [3.8, 4) is 0 Å². The van der Waals surface area contributed by atoms with E-state index in [1.54, 1.807) is 24.1 Å². The van der Waals surface area contributed by atoms with Crippen molar-refractivity contribution in [1.29, 1.82) is 0 Å². The lowest BCUT2D eigenvalue weighted by atomic mass is 9.79. The summed E-state index contributed by atoms with van der Waals surface area (Å²) in [6.07, 6.45) is 2.07. The monoisotopic (exact) mass is 526 g/mol. The van der Waals surface area contributed by atoms with Gasteiger partial charge in [0.05, 0.1) is 21.5 Å². The summed E-state index contributed by atoms with van der Waals surface area (Å²) in [5, 5.41) is 15.8. The lowest BCUT2D eigenvalue weighted by Gasteiger charge is -2.38. The number of benzene rings is 1. The third-order valence-corrected chi connectivity index (χ3v) is 7.54. The van der Waals surface area contributed by atoms with Crippen molar-refractivity contribution < 1.29 is 18.8 Å². The van der Waals surface area contributed by atoms with Crippen LogP contribution in [0.1, 0.15) is 32.8 Å². The zero-order valence-corrected chi connectivity index (χ0v) is 20.8. The molecule has 1 N–H and O–H groups in total. The van der Waals surface area contributed by atoms with Gasteiger partial charge in [-0.1, -0.05) is 0 Å². The summed E-state index contributed by atoms with van der Waals surface area (Å²) in [5.41, 5.74) is 0.127. The van der Waals surface area contributed by atoms with Crippen LogP contribution in [-0.2, 0) is 4.74 Å². The van der Waals surface area contributed by atoms with Crippen molar-refractivity contribution in [1.82, 2.24) is 9.88 Å². The van der Waals surface area contributed by atoms with Crippen molar-refractivity contribution >= 4 is 56.1 Å². The van der Waals surface area contributed by atoms with Gasteiger partial charge in [0.2, 0.25) is 0 Å². The minimum absolute atomic E-state index is 0.0654. The van der Waals surface area contributed by atoms with E-state index in [0.717, 1.165) is 18.2 Å². The Balaban J connectivity index is 1.76. The Kier molecular flexibility index (Phi) is 5.77. The van der Waals surface area contributed by atoms with E-state index in [2.05, 4.69) is 26.2 Å². The maximum Gasteiger partial charge on any atom is 0.410 e. The second-order valence-corrected chi connectivity index (χ2v) is 10.8. The number of hydrogen-bond acceptors (Lipinski definition) is 7. The molecule has 3 aliphatic rings. The summed E-state index contributed by atoms with van der Waals surface area (Å²) in [6, 6.07) is 1.37. The van der Waals surface area contributed by atoms with Gasteiger partial charge in [-0.3, -0.25) is 10.1 Å². The fraction of sp³-hybridized carbons (Fsp3) is 0.524. The highest BCUT2D eigenvalue weighted by atomic mass is 79.9. The number of nitrogens with zero attached hydrogens (tertiary/aromatic N) is 3. The van der Waals surface area contributed by atoms with Crippen LogP contribution in [0.5, 0.6) is 0 Å². The standard InChI is InChI=1S/C21H24BrFN4O4S/c1-9-6-11-16(14(23)13(9)22)25-19(32-5)18(27(29)30)17(11)24-15-10-7-12(15)26(8-10)20(28)31-21(2,3)4/h6,10,12,15H,7-8H2,1-5H3,(H,24,25). The van der Waals surface area contributed by atoms with Crippen LogP contribution in [-0.4, -0.2) is 51.4 Å². The van der Waals surface area contributed by atoms with Gasteiger partial charge in [0.15, 0.2) is 10.8 Å². The lowest BCUT2D eigenvalue weighted by molar-refractivity contribution is -0.387. The molecule has 32 heavy (non-hydrogen) atoms. The molecule has 1 saturated carbocycles. The fourth-order valence-corrected chi connectivity index (χ4v) is 5.28. The van der Waals surface area contributed by atoms with E-state index in [1.807, 2.05) is 20.8 Å². The molecule has 5 rings (SSSR count). The van der Waals surface area contributed by atoms with Crippen LogP contribution in [0.4, 0.5) is 20.6 Å². The summed E-state index contributed by atoms with van der Waals surface area (Å²) in [7, 11) is 0. The summed E-state index contributed by atoms with van der Waals surface area (Å²) in [4.78, 5) is 30.1. The summed E-state index contributed by atoms with van der Waals surface area (Å²) < 4.78 is 20.8. The number of aryl methyl sites for hydroxylation is 1. The van der Waals surface area contributed by atoms with Crippen LogP contribution in [0, 0.1) is 28.8 Å². The van der Waals surface area contributed by atoms with Crippen molar-refractivity contribution in [3.05, 3.63) is 32.0 Å². The Bertz CT molecular complexity index is 1140. The van der Waals surface area contributed by atoms with Crippen molar-refractivity contribution in [3.63, 3.8) is 0 Å². The number of fused-ring (bicyclic) bond motifs is 2. The third kappa shape index (κ3) is 3.79. The molecule has 3 unspecified atom stereocenters. The van der Waals surface area contributed by atoms with Gasteiger partial charge in [-0.25, -0.2) is 14.2 Å². The van der Waals surface area contributed by atoms with E-state index in [9.17, 15) is 14.9 Å². The van der Waals surface area contributed by atoms with Gasteiger partial charge in [-0.15, -0.1) is 11.8 Å². The Hall–Kier alpha value is -2.14. The normalized spacial score (nSPS) is 22.1. The summed E-state index contributed by atoms with van der Waals surface area (Å²) in [6.45, 7) is 7.68. The maximum absolute atomic E-state index is 15.0. The molecule has 8 nitrogen and oxygen atoms in total. The van der Waals surface area contributed by atoms with Crippen LogP contribution in [0.25, 0.3) is 10.9 Å². The van der Waals surface area contributed by atoms with E-state index >= 15 is 4.39 Å². The molecule has 1 amide bonds. The van der Waals surface area contributed by atoms with Gasteiger partial charge >= 0.3 is 11.8 Å². The first kappa shape index (κ1) is 23.0. The predicted molar refractivity (Wildman–Crippen MR) is 125 cm³/mol. The number of nitrogens with one attached hydrogen (secondary N) is 1. The number of carbonyl (C=O) groups is 1. The SMILES string of the molecule is CSc1nc2c(F)c(Br)c(C)cc2c(NC2C3CC2N(C(=O)OC(C)(C)C)C3)c1[N+](=O)[O-]. The Labute approximate surface area is 197 Å². The molecule has 0 radical (unpaired) electrons. The van der Waals surface area contributed by atoms with Crippen LogP contribution in [0.2, 0.25) is 0 Å². The number of anilines is 1. The molecule has 2 aliphatic heterocycles. The number of aromatic nitrogens is 1. The number of ether oxygens (including phenoxy) is 1. The van der Waals surface area contributed by atoms with E-state index in [0.29, 0.717) is 17.5 Å². The molecule has 3 heterocycles. The zero-order chi connectivity index (χ0) is 23.5. The van der Waals surface area contributed by atoms with Crippen LogP contribution < -0.4 is 5.32 Å². The molecule has 172 valence electrons. The Morgan fingerprint density at radius 2 is 2.16 bits per heavy atom. The van der Waals surface area contributed by atoms with E-state index < -0.39 is 16.3 Å². The second-order valence-electron chi connectivity index (χ2n) is 9.19. The summed E-state index contributed by atoms with van der Waals surface area (Å²) in [5.74, 6) is -0.422. The highest BCUT2D eigenvalue weighted by Gasteiger charge is 2.55. The van der Waals surface area contributed by atoms with Gasteiger partial charge in [0.25, 0.3) is 0 Å². The molecule has 2 bridgehead atoms. The topological polar surface area (TPSA) is 97.6 Å². The minimum Gasteiger partial charge on any atom is -0.444 e. The first-order valence-corrected chi connectivity index (χ1v) is 12.2. The molecule has 2 saturated heterocycles. The molecule has 11 heteroatoms. The average molecular weight is 527 g/mol. The first-order valence-electron chi connectivity index (χ1n) is 10.2. The summed E-state index contributed by atoms with van der Waals surface area (Å²) >= 11 is 4.33. The Morgan fingerprint density at radius 1 is 1.47 bits per heavy atom. The molecule has 1 aromatic heterocycles. The first-order chi connectivity index (χ1) is 14.9. The Morgan fingerprint density at radius 3 is 2.75 bits per heavy atom. The molecular weight excluding hydrogens is 503 g/mol. The van der Waals surface area contributed by atoms with Gasteiger partial charge in [-0.05, 0) is 67.9 Å². The number of pyridine rings is 1. The zero-order valence-electron chi connectivity index (χ0n) is 18.4. The van der Waals surface area contributed by atoms with E-state index in [-0.39, 0.29) is 50.5 Å². The number of amides is 1. The highest BCUT2D eigenvalue weighted by molar-refractivity contribution is 9.10. The molecule has 2 aromatic rings. The number of carbonyl (C=O) groups excluding carboxylic acids is 1. The highest BCUT2D eigenvalue weighted by Crippen LogP contribution is 2.47. The van der Waals surface area contributed by atoms with Crippen molar-refractivity contribution in [2.75, 3.05) is 18.1 Å². The van der Waals surface area contributed by atoms with Crippen LogP contribution in [0.15, 0.2) is 15.6 Å². The van der Waals surface area contributed by atoms with Gasteiger partial charge in [-0.2, -0.15) is 0 Å². The van der Waals surface area contributed by atoms with Crippen molar-refractivity contribution in [2.45, 2.75) is 56.8 Å². The number of rotatable bonds is 4. The maximum atomic E-state index is 15.0. The van der Waals surface area contributed by atoms with Crippen LogP contribution in [0.3, 0.4) is 0 Å². The van der Waals surface area contributed by atoms with E-state index in [1.165, 1.54) is 0 Å². The van der Waals surface area contributed by atoms with Crippen LogP contribution >= 0.6 is 27.7 Å². The van der Waals surface area contributed by atoms with E-state index in [4.69, 9.17) is 4.74 Å². The number of nitro groups is 1. The largest absolute Gasteiger partial charge is 0.444 e. The van der Waals surface area contributed by atoms with Gasteiger partial charge in [0, 0.05) is 17.8 Å². The molecule has 1 aliphatic carbocycles. The third-order valence-electron chi connectivity index (χ3n) is 5.90. The molecule has 0 spiro atoms. The minimum atomic E-state index is -0.608. The quantitative estimate of drug-likeness (QED) is 0.319. The smallest absolute Gasteiger partial charge is 0.410 e. The molecular formula is C21H24BrFN4O4S. The fourth-order valence-electron chi connectivity index (χ4n) is 4.42. The number of hydrogen-bond donors (Lipinski definition) is 1. The van der Waals surface area contributed by atoms with Gasteiger partial charge in [0.1, 0.15) is 16.8 Å². The molecule has 3 atom stereocenters. The average Bonchev–Trinajstić information content (AvgIpc) is 3.28. The van der Waals surface area contributed by atoms with Gasteiger partial charge < -0.3 is 15.0 Å². The number of thioether (sulfide) groups is 1. The second kappa shape index (κ2) is 8.02. The van der Waals surface area contributed by atoms with Crippen molar-refractivity contribution in [2.24, 2.45) is 5.92 Å². The molecule has 1 aromatic carbocycles.